The summed E-state index contributed by atoms with van der Waals surface area (Å²) in [5.41, 5.74) is 2.50. The van der Waals surface area contributed by atoms with E-state index < -0.39 is 28.5 Å². The van der Waals surface area contributed by atoms with Crippen LogP contribution in [0.2, 0.25) is 10.0 Å². The molecule has 0 aliphatic carbocycles. The van der Waals surface area contributed by atoms with Crippen LogP contribution in [0.4, 0.5) is 5.69 Å². The molecule has 0 fully saturated rings. The van der Waals surface area contributed by atoms with Gasteiger partial charge in [-0.2, -0.15) is 0 Å². The van der Waals surface area contributed by atoms with E-state index in [4.69, 9.17) is 23.2 Å². The zero-order chi connectivity index (χ0) is 32.6. The third-order valence-corrected chi connectivity index (χ3v) is 9.77. The van der Waals surface area contributed by atoms with Crippen LogP contribution in [-0.2, 0) is 32.6 Å². The van der Waals surface area contributed by atoms with Gasteiger partial charge in [0.2, 0.25) is 11.8 Å². The van der Waals surface area contributed by atoms with Gasteiger partial charge in [-0.3, -0.25) is 13.9 Å². The number of hydrogen-bond acceptors (Lipinski definition) is 4. The van der Waals surface area contributed by atoms with Crippen LogP contribution in [0.15, 0.2) is 108 Å². The van der Waals surface area contributed by atoms with Gasteiger partial charge in [0.05, 0.1) is 10.6 Å². The first-order chi connectivity index (χ1) is 21.5. The van der Waals surface area contributed by atoms with Gasteiger partial charge in [-0.15, -0.1) is 0 Å². The number of halogens is 2. The number of nitrogens with zero attached hydrogens (tertiary/aromatic N) is 2. The summed E-state index contributed by atoms with van der Waals surface area (Å²) in [4.78, 5) is 29.8. The molecule has 4 aromatic rings. The van der Waals surface area contributed by atoms with Crippen LogP contribution >= 0.6 is 23.2 Å². The van der Waals surface area contributed by atoms with Gasteiger partial charge in [0, 0.05) is 35.1 Å². The average Bonchev–Trinajstić information content (AvgIpc) is 3.02. The smallest absolute Gasteiger partial charge is 0.264 e. The molecule has 0 heterocycles. The third-order valence-electron chi connectivity index (χ3n) is 7.28. The van der Waals surface area contributed by atoms with Crippen LogP contribution in [0.3, 0.4) is 0 Å². The first kappa shape index (κ1) is 34.0. The lowest BCUT2D eigenvalue weighted by Crippen LogP contribution is -2.53. The number of para-hydroxylation sites is 1. The van der Waals surface area contributed by atoms with Crippen molar-refractivity contribution in [3.8, 4) is 0 Å². The van der Waals surface area contributed by atoms with E-state index in [0.717, 1.165) is 15.4 Å². The number of nitrogens with one attached hydrogen (secondary N) is 1. The Morgan fingerprint density at radius 2 is 1.38 bits per heavy atom. The van der Waals surface area contributed by atoms with Gasteiger partial charge in [0.15, 0.2) is 0 Å². The van der Waals surface area contributed by atoms with E-state index in [2.05, 4.69) is 5.32 Å². The average molecular weight is 667 g/mol. The molecule has 4 rings (SSSR count). The highest BCUT2D eigenvalue weighted by atomic mass is 35.5. The zero-order valence-electron chi connectivity index (χ0n) is 25.5. The van der Waals surface area contributed by atoms with Crippen LogP contribution in [0, 0.1) is 12.8 Å². The maximum atomic E-state index is 14.5. The van der Waals surface area contributed by atoms with Crippen molar-refractivity contribution in [1.29, 1.82) is 0 Å². The molecule has 7 nitrogen and oxygen atoms in total. The van der Waals surface area contributed by atoms with E-state index in [-0.39, 0.29) is 29.7 Å². The van der Waals surface area contributed by atoms with Gasteiger partial charge in [-0.25, -0.2) is 8.42 Å². The number of rotatable bonds is 13. The minimum Gasteiger partial charge on any atom is -0.354 e. The summed E-state index contributed by atoms with van der Waals surface area (Å²) >= 11 is 13.1. The second kappa shape index (κ2) is 15.4. The number of carbonyl (C=O) groups is 2. The fourth-order valence-electron chi connectivity index (χ4n) is 4.79. The van der Waals surface area contributed by atoms with Crippen molar-refractivity contribution < 1.29 is 18.0 Å². The summed E-state index contributed by atoms with van der Waals surface area (Å²) in [6.45, 7) is 5.54. The molecule has 0 unspecified atom stereocenters. The van der Waals surface area contributed by atoms with Gasteiger partial charge < -0.3 is 10.2 Å². The predicted octanol–water partition coefficient (Wildman–Crippen LogP) is 6.91. The van der Waals surface area contributed by atoms with Gasteiger partial charge >= 0.3 is 0 Å². The lowest BCUT2D eigenvalue weighted by atomic mass is 10.0. The Morgan fingerprint density at radius 3 is 1.96 bits per heavy atom. The quantitative estimate of drug-likeness (QED) is 0.168. The van der Waals surface area contributed by atoms with Crippen molar-refractivity contribution in [3.05, 3.63) is 130 Å². The Hall–Kier alpha value is -3.85. The molecule has 0 spiro atoms. The Balaban J connectivity index is 1.81. The van der Waals surface area contributed by atoms with Gasteiger partial charge in [-0.1, -0.05) is 109 Å². The molecule has 0 aliphatic heterocycles. The number of anilines is 1. The van der Waals surface area contributed by atoms with Crippen LogP contribution in [-0.4, -0.2) is 44.3 Å². The molecular weight excluding hydrogens is 629 g/mol. The van der Waals surface area contributed by atoms with Gasteiger partial charge in [0.25, 0.3) is 10.0 Å². The Morgan fingerprint density at radius 1 is 0.800 bits per heavy atom. The van der Waals surface area contributed by atoms with Crippen LogP contribution < -0.4 is 9.62 Å². The van der Waals surface area contributed by atoms with E-state index in [1.54, 1.807) is 60.7 Å². The molecule has 0 saturated heterocycles. The third kappa shape index (κ3) is 8.87. The summed E-state index contributed by atoms with van der Waals surface area (Å²) in [7, 11) is -4.18. The monoisotopic (exact) mass is 665 g/mol. The molecular formula is C35H37Cl2N3O4S. The molecule has 0 bridgehead atoms. The first-order valence-electron chi connectivity index (χ1n) is 14.7. The van der Waals surface area contributed by atoms with Gasteiger partial charge in [-0.05, 0) is 54.8 Å². The number of sulfonamides is 1. The number of hydrogen-bond donors (Lipinski definition) is 1. The fourth-order valence-corrected chi connectivity index (χ4v) is 6.72. The molecule has 10 heteroatoms. The predicted molar refractivity (Wildman–Crippen MR) is 181 cm³/mol. The van der Waals surface area contributed by atoms with Crippen molar-refractivity contribution >= 4 is 50.7 Å². The molecule has 4 aromatic carbocycles. The Bertz CT molecular complexity index is 1680. The highest BCUT2D eigenvalue weighted by Crippen LogP contribution is 2.29. The van der Waals surface area contributed by atoms with Gasteiger partial charge in [0.1, 0.15) is 12.6 Å². The molecule has 0 saturated carbocycles. The summed E-state index contributed by atoms with van der Waals surface area (Å²) < 4.78 is 29.2. The second-order valence-corrected chi connectivity index (χ2v) is 13.9. The lowest BCUT2D eigenvalue weighted by molar-refractivity contribution is -0.140. The zero-order valence-corrected chi connectivity index (χ0v) is 27.8. The van der Waals surface area contributed by atoms with Crippen LogP contribution in [0.1, 0.15) is 30.5 Å². The first-order valence-corrected chi connectivity index (χ1v) is 16.9. The highest BCUT2D eigenvalue weighted by molar-refractivity contribution is 7.92. The lowest BCUT2D eigenvalue weighted by Gasteiger charge is -2.34. The molecule has 1 N–H and O–H groups in total. The molecule has 0 aliphatic rings. The van der Waals surface area contributed by atoms with E-state index in [1.807, 2.05) is 51.1 Å². The van der Waals surface area contributed by atoms with E-state index >= 15 is 0 Å². The fraction of sp³-hybridized carbons (Fsp3) is 0.257. The van der Waals surface area contributed by atoms with Crippen LogP contribution in [0.25, 0.3) is 0 Å². The normalized spacial score (nSPS) is 12.0. The maximum absolute atomic E-state index is 14.5. The van der Waals surface area contributed by atoms with Crippen molar-refractivity contribution in [2.24, 2.45) is 5.92 Å². The minimum absolute atomic E-state index is 0.0426. The summed E-state index contributed by atoms with van der Waals surface area (Å²) in [6, 6.07) is 28.3. The van der Waals surface area contributed by atoms with Crippen molar-refractivity contribution in [2.75, 3.05) is 17.4 Å². The van der Waals surface area contributed by atoms with E-state index in [1.165, 1.54) is 17.0 Å². The summed E-state index contributed by atoms with van der Waals surface area (Å²) in [5, 5.41) is 3.62. The van der Waals surface area contributed by atoms with E-state index in [0.29, 0.717) is 27.8 Å². The molecule has 2 amide bonds. The van der Waals surface area contributed by atoms with Crippen LogP contribution in [0.5, 0.6) is 0 Å². The Labute approximate surface area is 275 Å². The highest BCUT2D eigenvalue weighted by Gasteiger charge is 2.35. The number of amides is 2. The number of aryl methyl sites for hydroxylation is 1. The van der Waals surface area contributed by atoms with Crippen molar-refractivity contribution in [3.63, 3.8) is 0 Å². The maximum Gasteiger partial charge on any atom is 0.264 e. The number of carbonyl (C=O) groups excluding carboxylic acids is 2. The molecule has 0 aromatic heterocycles. The van der Waals surface area contributed by atoms with E-state index in [9.17, 15) is 18.0 Å². The topological polar surface area (TPSA) is 86.8 Å². The van der Waals surface area contributed by atoms with Crippen molar-refractivity contribution in [2.45, 2.75) is 44.7 Å². The molecule has 45 heavy (non-hydrogen) atoms. The standard InChI is InChI=1S/C35H37Cl2N3O4S/c1-25(2)22-38-35(42)33(21-27-11-6-4-7-12-27)39(23-30-31(36)15-10-16-32(30)37)34(41)24-40(28-13-8-5-9-14-28)45(43,44)29-19-17-26(3)18-20-29/h4-20,25,33H,21-24H2,1-3H3,(H,38,42)/t33-/m0/s1. The second-order valence-electron chi connectivity index (χ2n) is 11.2. The largest absolute Gasteiger partial charge is 0.354 e. The molecule has 1 atom stereocenters. The van der Waals surface area contributed by atoms with Crippen molar-refractivity contribution in [1.82, 2.24) is 10.2 Å². The SMILES string of the molecule is Cc1ccc(S(=O)(=O)N(CC(=O)N(Cc2c(Cl)cccc2Cl)[C@@H](Cc2ccccc2)C(=O)NCC(C)C)c2ccccc2)cc1. The summed E-state index contributed by atoms with van der Waals surface area (Å²) in [5.74, 6) is -0.787. The molecule has 236 valence electrons. The molecule has 0 radical (unpaired) electrons. The Kier molecular flexibility index (Phi) is 11.7. The minimum atomic E-state index is -4.18. The number of benzene rings is 4. The summed E-state index contributed by atoms with van der Waals surface area (Å²) in [6.07, 6.45) is 0.189.